The van der Waals surface area contributed by atoms with E-state index in [2.05, 4.69) is 73.1 Å². The number of aromatic nitrogens is 2. The number of rotatable bonds is 7. The molecule has 1 heterocycles. The van der Waals surface area contributed by atoms with Gasteiger partial charge in [0.05, 0.1) is 5.69 Å². The minimum atomic E-state index is 0.525. The number of hydrogen-bond donors (Lipinski definition) is 1. The van der Waals surface area contributed by atoms with E-state index in [-0.39, 0.29) is 0 Å². The van der Waals surface area contributed by atoms with Crippen LogP contribution in [0.25, 0.3) is 0 Å². The highest BCUT2D eigenvalue weighted by molar-refractivity contribution is 7.98. The van der Waals surface area contributed by atoms with Gasteiger partial charge in [0.1, 0.15) is 0 Å². The minimum absolute atomic E-state index is 0.525. The maximum absolute atomic E-state index is 4.49. The van der Waals surface area contributed by atoms with Crippen molar-refractivity contribution in [2.45, 2.75) is 57.5 Å². The van der Waals surface area contributed by atoms with Gasteiger partial charge in [0.15, 0.2) is 0 Å². The lowest BCUT2D eigenvalue weighted by atomic mass is 10.2. The van der Waals surface area contributed by atoms with Crippen molar-refractivity contribution in [1.82, 2.24) is 15.1 Å². The maximum atomic E-state index is 4.49. The SMILES string of the molecule is CCn1nc(C)cc1CSc1ccc(CNC(C)C)cc1. The van der Waals surface area contributed by atoms with Crippen molar-refractivity contribution >= 4 is 11.8 Å². The molecule has 0 unspecified atom stereocenters. The van der Waals surface area contributed by atoms with E-state index in [0.717, 1.165) is 24.5 Å². The van der Waals surface area contributed by atoms with Crippen molar-refractivity contribution in [3.8, 4) is 0 Å². The number of nitrogens with one attached hydrogen (secondary N) is 1. The molecule has 0 atom stereocenters. The second-order valence-electron chi connectivity index (χ2n) is 5.56. The summed E-state index contributed by atoms with van der Waals surface area (Å²) in [5.41, 5.74) is 3.73. The summed E-state index contributed by atoms with van der Waals surface area (Å²) >= 11 is 1.87. The average molecular weight is 303 g/mol. The first-order valence-electron chi connectivity index (χ1n) is 7.57. The van der Waals surface area contributed by atoms with E-state index in [9.17, 15) is 0 Å². The van der Waals surface area contributed by atoms with Crippen LogP contribution in [0.3, 0.4) is 0 Å². The Morgan fingerprint density at radius 2 is 1.95 bits per heavy atom. The first-order chi connectivity index (χ1) is 10.1. The molecule has 21 heavy (non-hydrogen) atoms. The molecular weight excluding hydrogens is 278 g/mol. The largest absolute Gasteiger partial charge is 0.310 e. The molecule has 114 valence electrons. The van der Waals surface area contributed by atoms with Crippen LogP contribution in [0.1, 0.15) is 37.7 Å². The maximum Gasteiger partial charge on any atom is 0.0596 e. The van der Waals surface area contributed by atoms with Crippen LogP contribution in [0.2, 0.25) is 0 Å². The minimum Gasteiger partial charge on any atom is -0.310 e. The van der Waals surface area contributed by atoms with E-state index in [1.807, 2.05) is 11.8 Å². The van der Waals surface area contributed by atoms with E-state index in [0.29, 0.717) is 6.04 Å². The third-order valence-electron chi connectivity index (χ3n) is 3.31. The second-order valence-corrected chi connectivity index (χ2v) is 6.61. The molecule has 0 fully saturated rings. The molecule has 0 radical (unpaired) electrons. The molecule has 0 amide bonds. The Hall–Kier alpha value is -1.26. The molecule has 1 aromatic heterocycles. The predicted molar refractivity (Wildman–Crippen MR) is 90.6 cm³/mol. The van der Waals surface area contributed by atoms with Crippen molar-refractivity contribution in [1.29, 1.82) is 0 Å². The van der Waals surface area contributed by atoms with Crippen molar-refractivity contribution < 1.29 is 0 Å². The van der Waals surface area contributed by atoms with Crippen molar-refractivity contribution in [2.75, 3.05) is 0 Å². The van der Waals surface area contributed by atoms with Crippen LogP contribution < -0.4 is 5.32 Å². The summed E-state index contributed by atoms with van der Waals surface area (Å²) in [6.45, 7) is 10.4. The Balaban J connectivity index is 1.91. The molecule has 0 bridgehead atoms. The van der Waals surface area contributed by atoms with Gasteiger partial charge in [-0.15, -0.1) is 11.8 Å². The van der Waals surface area contributed by atoms with E-state index in [4.69, 9.17) is 0 Å². The first kappa shape index (κ1) is 16.1. The van der Waals surface area contributed by atoms with Gasteiger partial charge in [-0.05, 0) is 37.6 Å². The lowest BCUT2D eigenvalue weighted by Crippen LogP contribution is -2.21. The van der Waals surface area contributed by atoms with E-state index >= 15 is 0 Å². The number of nitrogens with zero attached hydrogens (tertiary/aromatic N) is 2. The lowest BCUT2D eigenvalue weighted by Gasteiger charge is -2.09. The molecule has 4 heteroatoms. The zero-order valence-electron chi connectivity index (χ0n) is 13.4. The summed E-state index contributed by atoms with van der Waals surface area (Å²) < 4.78 is 2.09. The van der Waals surface area contributed by atoms with E-state index in [1.165, 1.54) is 16.2 Å². The summed E-state index contributed by atoms with van der Waals surface area (Å²) in [5, 5.41) is 7.93. The van der Waals surface area contributed by atoms with Crippen molar-refractivity contribution in [3.63, 3.8) is 0 Å². The fourth-order valence-corrected chi connectivity index (χ4v) is 3.05. The zero-order valence-corrected chi connectivity index (χ0v) is 14.2. The van der Waals surface area contributed by atoms with Gasteiger partial charge >= 0.3 is 0 Å². The van der Waals surface area contributed by atoms with Gasteiger partial charge in [-0.25, -0.2) is 0 Å². The highest BCUT2D eigenvalue weighted by Gasteiger charge is 2.05. The summed E-state index contributed by atoms with van der Waals surface area (Å²) in [4.78, 5) is 1.31. The smallest absolute Gasteiger partial charge is 0.0596 e. The molecule has 0 aliphatic carbocycles. The van der Waals surface area contributed by atoms with Crippen molar-refractivity contribution in [2.24, 2.45) is 0 Å². The monoisotopic (exact) mass is 303 g/mol. The Morgan fingerprint density at radius 3 is 2.57 bits per heavy atom. The lowest BCUT2D eigenvalue weighted by molar-refractivity contribution is 0.588. The first-order valence-corrected chi connectivity index (χ1v) is 8.55. The molecule has 0 saturated heterocycles. The fourth-order valence-electron chi connectivity index (χ4n) is 2.17. The standard InChI is InChI=1S/C17H25N3S/c1-5-20-16(10-14(4)19-20)12-21-17-8-6-15(7-9-17)11-18-13(2)3/h6-10,13,18H,5,11-12H2,1-4H3. The number of benzene rings is 1. The fraction of sp³-hybridized carbons (Fsp3) is 0.471. The van der Waals surface area contributed by atoms with E-state index < -0.39 is 0 Å². The molecule has 1 aromatic carbocycles. The van der Waals surface area contributed by atoms with Crippen LogP contribution in [0.4, 0.5) is 0 Å². The molecule has 2 aromatic rings. The van der Waals surface area contributed by atoms with Crippen LogP contribution >= 0.6 is 11.8 Å². The van der Waals surface area contributed by atoms with Crippen LogP contribution in [0.5, 0.6) is 0 Å². The van der Waals surface area contributed by atoms with Gasteiger partial charge < -0.3 is 5.32 Å². The van der Waals surface area contributed by atoms with Crippen LogP contribution in [0.15, 0.2) is 35.2 Å². The van der Waals surface area contributed by atoms with Gasteiger partial charge in [0.2, 0.25) is 0 Å². The molecule has 0 spiro atoms. The highest BCUT2D eigenvalue weighted by Crippen LogP contribution is 2.23. The third kappa shape index (κ3) is 4.90. The molecule has 2 rings (SSSR count). The average Bonchev–Trinajstić information content (AvgIpc) is 2.84. The van der Waals surface area contributed by atoms with Gasteiger partial charge in [-0.2, -0.15) is 5.10 Å². The number of aryl methyl sites for hydroxylation is 2. The summed E-state index contributed by atoms with van der Waals surface area (Å²) in [6, 6.07) is 11.5. The third-order valence-corrected chi connectivity index (χ3v) is 4.36. The second kappa shape index (κ2) is 7.66. The quantitative estimate of drug-likeness (QED) is 0.784. The van der Waals surface area contributed by atoms with E-state index in [1.54, 1.807) is 0 Å². The summed E-state index contributed by atoms with van der Waals surface area (Å²) in [6.07, 6.45) is 0. The molecule has 3 nitrogen and oxygen atoms in total. The van der Waals surface area contributed by atoms with Gasteiger partial charge in [-0.3, -0.25) is 4.68 Å². The Morgan fingerprint density at radius 1 is 1.24 bits per heavy atom. The predicted octanol–water partition coefficient (Wildman–Crippen LogP) is 4.00. The topological polar surface area (TPSA) is 29.9 Å². The zero-order chi connectivity index (χ0) is 15.2. The summed E-state index contributed by atoms with van der Waals surface area (Å²) in [5.74, 6) is 0.971. The van der Waals surface area contributed by atoms with Gasteiger partial charge in [-0.1, -0.05) is 26.0 Å². The Labute approximate surface area is 132 Å². The van der Waals surface area contributed by atoms with Crippen molar-refractivity contribution in [3.05, 3.63) is 47.3 Å². The molecule has 0 aliphatic heterocycles. The van der Waals surface area contributed by atoms with Gasteiger partial charge in [0.25, 0.3) is 0 Å². The number of thioether (sulfide) groups is 1. The molecule has 0 aliphatic rings. The Kier molecular flexibility index (Phi) is 5.88. The van der Waals surface area contributed by atoms with Crippen LogP contribution in [0, 0.1) is 6.92 Å². The normalized spacial score (nSPS) is 11.3. The van der Waals surface area contributed by atoms with Crippen LogP contribution in [-0.2, 0) is 18.8 Å². The number of hydrogen-bond acceptors (Lipinski definition) is 3. The van der Waals surface area contributed by atoms with Gasteiger partial charge in [0, 0.05) is 35.5 Å². The van der Waals surface area contributed by atoms with Crippen LogP contribution in [-0.4, -0.2) is 15.8 Å². The molecular formula is C17H25N3S. The Bertz CT molecular complexity index is 558. The molecule has 0 saturated carbocycles. The molecule has 1 N–H and O–H groups in total. The summed E-state index contributed by atoms with van der Waals surface area (Å²) in [7, 11) is 0. The highest BCUT2D eigenvalue weighted by atomic mass is 32.2.